The van der Waals surface area contributed by atoms with Crippen LogP contribution < -0.4 is 15.3 Å². The predicted octanol–water partition coefficient (Wildman–Crippen LogP) is 1.87. The number of nitrogen functional groups attached to an aromatic ring is 1. The van der Waals surface area contributed by atoms with Crippen molar-refractivity contribution in [2.45, 2.75) is 88.7 Å². The molecule has 5 N–H and O–H groups in total. The van der Waals surface area contributed by atoms with Crippen LogP contribution in [0, 0.1) is 0 Å². The Bertz CT molecular complexity index is 1390. The van der Waals surface area contributed by atoms with Gasteiger partial charge in [-0.3, -0.25) is 18.9 Å². The first-order valence-electron chi connectivity index (χ1n) is 13.5. The molecule has 2 fully saturated rings. The van der Waals surface area contributed by atoms with Gasteiger partial charge in [-0.2, -0.15) is 5.09 Å². The monoisotopic (exact) mass is 591 g/mol. The van der Waals surface area contributed by atoms with Crippen molar-refractivity contribution in [3.05, 3.63) is 37.2 Å². The number of carbonyl (C=O) groups is 1. The van der Waals surface area contributed by atoms with Crippen LogP contribution in [0.1, 0.15) is 52.2 Å². The normalized spacial score (nSPS) is 26.3. The van der Waals surface area contributed by atoms with Crippen LogP contribution in [0.4, 0.5) is 5.82 Å². The lowest BCUT2D eigenvalue weighted by Gasteiger charge is -2.29. The van der Waals surface area contributed by atoms with Crippen LogP contribution in [0.15, 0.2) is 37.2 Å². The number of aromatic nitrogens is 5. The highest BCUT2D eigenvalue weighted by Gasteiger charge is 2.49. The topological polar surface area (TPSA) is 206 Å². The van der Waals surface area contributed by atoms with E-state index in [4.69, 9.17) is 24.3 Å². The van der Waals surface area contributed by atoms with Crippen LogP contribution in [0.5, 0.6) is 5.75 Å². The van der Waals surface area contributed by atoms with Crippen molar-refractivity contribution in [2.24, 2.45) is 0 Å². The number of esters is 1. The molecule has 1 aliphatic carbocycles. The molecule has 15 nitrogen and oxygen atoms in total. The Morgan fingerprint density at radius 3 is 2.71 bits per heavy atom. The third-order valence-corrected chi connectivity index (χ3v) is 8.87. The zero-order valence-corrected chi connectivity index (χ0v) is 23.5. The molecule has 1 aliphatic heterocycles. The van der Waals surface area contributed by atoms with Crippen molar-refractivity contribution in [1.29, 1.82) is 0 Å². The molecule has 41 heavy (non-hydrogen) atoms. The number of hydrogen-bond acceptors (Lipinski definition) is 13. The molecule has 4 heterocycles. The molecule has 0 bridgehead atoms. The van der Waals surface area contributed by atoms with Gasteiger partial charge in [0.2, 0.25) is 0 Å². The predicted molar refractivity (Wildman–Crippen MR) is 144 cm³/mol. The van der Waals surface area contributed by atoms with Gasteiger partial charge in [0.25, 0.3) is 0 Å². The Morgan fingerprint density at radius 2 is 1.98 bits per heavy atom. The number of hydrogen-bond donors (Lipinski definition) is 4. The average molecular weight is 592 g/mol. The molecule has 3 aromatic heterocycles. The fraction of sp³-hybridized carbons (Fsp3) is 0.560. The van der Waals surface area contributed by atoms with E-state index in [0.29, 0.717) is 11.2 Å². The number of rotatable bonds is 10. The number of nitrogens with two attached hydrogens (primary N) is 1. The summed E-state index contributed by atoms with van der Waals surface area (Å²) in [5.41, 5.74) is 6.46. The first kappa shape index (κ1) is 29.3. The summed E-state index contributed by atoms with van der Waals surface area (Å²) in [7, 11) is -4.30. The molecule has 0 aromatic carbocycles. The summed E-state index contributed by atoms with van der Waals surface area (Å²) in [5, 5.41) is 24.4. The lowest BCUT2D eigenvalue weighted by atomic mass is 9.98. The number of ether oxygens (including phenoxy) is 2. The number of pyridine rings is 1. The van der Waals surface area contributed by atoms with E-state index in [1.165, 1.54) is 49.5 Å². The van der Waals surface area contributed by atoms with Gasteiger partial charge in [-0.05, 0) is 51.7 Å². The number of aliphatic hydroxyl groups is 2. The van der Waals surface area contributed by atoms with Gasteiger partial charge < -0.3 is 29.9 Å². The molecule has 0 radical (unpaired) electrons. The summed E-state index contributed by atoms with van der Waals surface area (Å²) in [6.45, 7) is 3.00. The Labute approximate surface area is 236 Å². The van der Waals surface area contributed by atoms with Crippen LogP contribution >= 0.6 is 7.75 Å². The Morgan fingerprint density at radius 1 is 1.20 bits per heavy atom. The van der Waals surface area contributed by atoms with Crippen molar-refractivity contribution in [1.82, 2.24) is 29.6 Å². The number of fused-ring (bicyclic) bond motifs is 1. The van der Waals surface area contributed by atoms with Gasteiger partial charge in [0.15, 0.2) is 17.7 Å². The number of nitrogens with zero attached hydrogens (tertiary/aromatic N) is 5. The van der Waals surface area contributed by atoms with Gasteiger partial charge in [0.05, 0.1) is 18.6 Å². The van der Waals surface area contributed by atoms with Crippen LogP contribution in [-0.4, -0.2) is 77.2 Å². The van der Waals surface area contributed by atoms with Crippen LogP contribution in [0.25, 0.3) is 11.2 Å². The highest BCUT2D eigenvalue weighted by Crippen LogP contribution is 2.48. The fourth-order valence-corrected chi connectivity index (χ4v) is 6.68. The van der Waals surface area contributed by atoms with Gasteiger partial charge in [-0.1, -0.05) is 6.42 Å². The number of imidazole rings is 1. The molecule has 3 unspecified atom stereocenters. The number of aliphatic hydroxyl groups excluding tert-OH is 2. The third-order valence-electron chi connectivity index (χ3n) is 7.10. The van der Waals surface area contributed by atoms with Crippen molar-refractivity contribution in [3.8, 4) is 5.75 Å². The summed E-state index contributed by atoms with van der Waals surface area (Å²) in [4.78, 5) is 29.0. The summed E-state index contributed by atoms with van der Waals surface area (Å²) in [6.07, 6.45) is 3.64. The average Bonchev–Trinajstić information content (AvgIpc) is 3.51. The van der Waals surface area contributed by atoms with E-state index in [0.717, 1.165) is 32.1 Å². The third kappa shape index (κ3) is 6.50. The molecule has 0 amide bonds. The van der Waals surface area contributed by atoms with Gasteiger partial charge in [-0.25, -0.2) is 19.5 Å². The van der Waals surface area contributed by atoms with E-state index in [-0.39, 0.29) is 17.7 Å². The summed E-state index contributed by atoms with van der Waals surface area (Å²) in [6, 6.07) is 2.06. The largest absolute Gasteiger partial charge is 0.461 e. The number of anilines is 1. The maximum absolute atomic E-state index is 14.0. The highest BCUT2D eigenvalue weighted by molar-refractivity contribution is 7.52. The van der Waals surface area contributed by atoms with Crippen molar-refractivity contribution >= 4 is 30.7 Å². The Kier molecular flexibility index (Phi) is 8.82. The quantitative estimate of drug-likeness (QED) is 0.196. The first-order valence-corrected chi connectivity index (χ1v) is 15.0. The SMILES string of the molecule is CC(NP(=O)(Oc1cccnc1)OC(C)[C@H]1O[C@@H](n2cnc3c(N)ncnc32)[C@H](O)[C@@H]1O)C(=O)OC1CCCCC1. The van der Waals surface area contributed by atoms with E-state index in [9.17, 15) is 19.6 Å². The Balaban J connectivity index is 1.32. The second-order valence-corrected chi connectivity index (χ2v) is 11.8. The zero-order chi connectivity index (χ0) is 29.1. The lowest BCUT2D eigenvalue weighted by Crippen LogP contribution is -2.41. The second kappa shape index (κ2) is 12.3. The smallest absolute Gasteiger partial charge is 0.459 e. The number of nitrogens with one attached hydrogen (secondary N) is 1. The van der Waals surface area contributed by atoms with E-state index >= 15 is 0 Å². The minimum Gasteiger partial charge on any atom is -0.461 e. The van der Waals surface area contributed by atoms with Crippen molar-refractivity contribution in [2.75, 3.05) is 5.73 Å². The molecule has 16 heteroatoms. The van der Waals surface area contributed by atoms with E-state index in [1.807, 2.05) is 0 Å². The molecule has 1 saturated heterocycles. The summed E-state index contributed by atoms with van der Waals surface area (Å²) in [5.74, 6) is -0.328. The minimum absolute atomic E-state index is 0.122. The van der Waals surface area contributed by atoms with E-state index in [2.05, 4.69) is 25.0 Å². The van der Waals surface area contributed by atoms with Crippen LogP contribution in [0.2, 0.25) is 0 Å². The minimum atomic E-state index is -4.30. The first-order chi connectivity index (χ1) is 19.6. The zero-order valence-electron chi connectivity index (χ0n) is 22.6. The lowest BCUT2D eigenvalue weighted by molar-refractivity contribution is -0.152. The molecule has 2 aliphatic rings. The van der Waals surface area contributed by atoms with E-state index < -0.39 is 50.4 Å². The van der Waals surface area contributed by atoms with Crippen molar-refractivity contribution < 1.29 is 38.1 Å². The molecule has 7 atom stereocenters. The molecule has 1 saturated carbocycles. The standard InChI is InChI=1S/C25H34N7O8P/c1-14(25(35)37-16-7-4-3-5-8-16)31-41(36,40-17-9-6-10-27-11-17)39-15(2)21-19(33)20(34)24(38-21)32-13-30-18-22(26)28-12-29-23(18)32/h6,9-16,19-21,24,33-34H,3-5,7-8H2,1-2H3,(H,31,36)(H2,26,28,29)/t14?,15?,19-,20+,21+,24+,41?/m0/s1. The van der Waals surface area contributed by atoms with Crippen molar-refractivity contribution in [3.63, 3.8) is 0 Å². The van der Waals surface area contributed by atoms with Gasteiger partial charge in [0.1, 0.15) is 48.1 Å². The molecule has 3 aromatic rings. The maximum Gasteiger partial charge on any atom is 0.459 e. The van der Waals surface area contributed by atoms with Crippen LogP contribution in [-0.2, 0) is 23.4 Å². The number of carbonyl (C=O) groups excluding carboxylic acids is 1. The van der Waals surface area contributed by atoms with Gasteiger partial charge >= 0.3 is 13.7 Å². The maximum atomic E-state index is 14.0. The summed E-state index contributed by atoms with van der Waals surface area (Å²) < 4.78 is 38.6. The second-order valence-electron chi connectivity index (χ2n) is 10.2. The highest BCUT2D eigenvalue weighted by atomic mass is 31.2. The molecule has 0 spiro atoms. The van der Waals surface area contributed by atoms with Gasteiger partial charge in [0, 0.05) is 6.20 Å². The van der Waals surface area contributed by atoms with Gasteiger partial charge in [-0.15, -0.1) is 0 Å². The molecule has 222 valence electrons. The van der Waals surface area contributed by atoms with Crippen LogP contribution in [0.3, 0.4) is 0 Å². The Hall–Kier alpha value is -3.20. The molecule has 5 rings (SSSR count). The molecular weight excluding hydrogens is 557 g/mol. The van der Waals surface area contributed by atoms with E-state index in [1.54, 1.807) is 6.07 Å². The fourth-order valence-electron chi connectivity index (χ4n) is 5.00. The summed E-state index contributed by atoms with van der Waals surface area (Å²) >= 11 is 0. The molecular formula is C25H34N7O8P.